The summed E-state index contributed by atoms with van der Waals surface area (Å²) in [6.07, 6.45) is 0.344. The van der Waals surface area contributed by atoms with E-state index in [1.165, 1.54) is 18.2 Å². The van der Waals surface area contributed by atoms with Crippen molar-refractivity contribution in [3.8, 4) is 17.2 Å². The molecule has 2 heterocycles. The van der Waals surface area contributed by atoms with Gasteiger partial charge in [0.15, 0.2) is 5.69 Å². The van der Waals surface area contributed by atoms with Gasteiger partial charge in [-0.1, -0.05) is 5.16 Å². The summed E-state index contributed by atoms with van der Waals surface area (Å²) in [4.78, 5) is 22.9. The van der Waals surface area contributed by atoms with Crippen LogP contribution in [-0.4, -0.2) is 38.8 Å². The molecule has 1 fully saturated rings. The number of benzene rings is 1. The van der Waals surface area contributed by atoms with E-state index in [4.69, 9.17) is 19.6 Å². The lowest BCUT2D eigenvalue weighted by Crippen LogP contribution is -2.38. The number of nitrogens with one attached hydrogen (secondary N) is 1. The van der Waals surface area contributed by atoms with Gasteiger partial charge in [-0.15, -0.1) is 0 Å². The fourth-order valence-corrected chi connectivity index (χ4v) is 3.41. The molecule has 1 aliphatic carbocycles. The van der Waals surface area contributed by atoms with Gasteiger partial charge in [-0.2, -0.15) is 0 Å². The highest BCUT2D eigenvalue weighted by Gasteiger charge is 2.32. The van der Waals surface area contributed by atoms with Crippen molar-refractivity contribution in [1.82, 2.24) is 20.0 Å². The van der Waals surface area contributed by atoms with Crippen molar-refractivity contribution in [2.24, 2.45) is 11.7 Å². The van der Waals surface area contributed by atoms with Crippen LogP contribution < -0.4 is 16.8 Å². The first-order chi connectivity index (χ1) is 13.9. The zero-order valence-corrected chi connectivity index (χ0v) is 16.3. The lowest BCUT2D eigenvalue weighted by molar-refractivity contribution is 0.0266. The average molecular weight is 469 g/mol. The topological polar surface area (TPSA) is 151 Å². The molecule has 0 atom stereocenters. The minimum Gasteiger partial charge on any atom is -0.446 e. The summed E-state index contributed by atoms with van der Waals surface area (Å²) in [5, 5.41) is 14.4. The second-order valence-electron chi connectivity index (χ2n) is 6.44. The molecule has 1 amide bonds. The molecular formula is C16H14BrFN6O5. The van der Waals surface area contributed by atoms with Crippen molar-refractivity contribution in [2.75, 3.05) is 11.9 Å². The van der Waals surface area contributed by atoms with Crippen molar-refractivity contribution < 1.29 is 23.1 Å². The van der Waals surface area contributed by atoms with Crippen molar-refractivity contribution in [3.05, 3.63) is 39.0 Å². The molecule has 4 rings (SSSR count). The van der Waals surface area contributed by atoms with Gasteiger partial charge < -0.3 is 15.8 Å². The van der Waals surface area contributed by atoms with Gasteiger partial charge in [0.05, 0.1) is 10.2 Å². The maximum atomic E-state index is 13.5. The van der Waals surface area contributed by atoms with Crippen LogP contribution in [0.2, 0.25) is 0 Å². The molecule has 2 aromatic heterocycles. The van der Waals surface area contributed by atoms with Crippen LogP contribution in [0.5, 0.6) is 0 Å². The van der Waals surface area contributed by atoms with Crippen LogP contribution in [0, 0.1) is 11.7 Å². The molecule has 1 aromatic carbocycles. The Morgan fingerprint density at radius 1 is 1.38 bits per heavy atom. The molecule has 11 nitrogen and oxygen atoms in total. The minimum absolute atomic E-state index is 0.0424. The van der Waals surface area contributed by atoms with Crippen LogP contribution in [0.1, 0.15) is 12.8 Å². The van der Waals surface area contributed by atoms with Crippen LogP contribution in [0.15, 0.2) is 36.6 Å². The van der Waals surface area contributed by atoms with Gasteiger partial charge in [-0.25, -0.2) is 23.2 Å². The third kappa shape index (κ3) is 3.85. The van der Waals surface area contributed by atoms with Crippen molar-refractivity contribution in [2.45, 2.75) is 18.9 Å². The molecule has 29 heavy (non-hydrogen) atoms. The summed E-state index contributed by atoms with van der Waals surface area (Å²) < 4.78 is 29.3. The summed E-state index contributed by atoms with van der Waals surface area (Å²) in [6, 6.07) is 4.01. The Hall–Kier alpha value is -3.22. The molecule has 3 aromatic rings. The smallest absolute Gasteiger partial charge is 0.446 e. The summed E-state index contributed by atoms with van der Waals surface area (Å²) in [5.74, 6) is -0.730. The molecule has 0 radical (unpaired) electrons. The maximum Gasteiger partial charge on any atom is 0.446 e. The Balaban J connectivity index is 1.53. The fraction of sp³-hybridized carbons (Fsp3) is 0.312. The van der Waals surface area contributed by atoms with E-state index in [0.29, 0.717) is 25.1 Å². The van der Waals surface area contributed by atoms with Gasteiger partial charge in [0.2, 0.25) is 11.6 Å². The number of hydrogen-bond acceptors (Lipinski definition) is 9. The first kappa shape index (κ1) is 19.1. The van der Waals surface area contributed by atoms with Crippen LogP contribution in [0.3, 0.4) is 0 Å². The predicted octanol–water partition coefficient (Wildman–Crippen LogP) is 2.06. The van der Waals surface area contributed by atoms with Crippen LogP contribution >= 0.6 is 15.9 Å². The molecule has 3 N–H and O–H groups in total. The predicted molar refractivity (Wildman–Crippen MR) is 98.7 cm³/mol. The molecule has 0 unspecified atom stereocenters. The number of hydrogen-bond donors (Lipinski definition) is 2. The van der Waals surface area contributed by atoms with Gasteiger partial charge in [0, 0.05) is 6.54 Å². The Labute approximate surface area is 170 Å². The number of carbonyl (C=O) groups is 1. The van der Waals surface area contributed by atoms with Gasteiger partial charge in [-0.3, -0.25) is 4.52 Å². The van der Waals surface area contributed by atoms with E-state index in [0.717, 1.165) is 4.57 Å². The Bertz CT molecular complexity index is 1110. The summed E-state index contributed by atoms with van der Waals surface area (Å²) in [6.45, 7) is 0.504. The van der Waals surface area contributed by atoms with E-state index in [1.54, 1.807) is 0 Å². The number of aromatic nitrogens is 4. The largest absolute Gasteiger partial charge is 0.446 e. The molecule has 0 aliphatic heterocycles. The first-order valence-corrected chi connectivity index (χ1v) is 9.28. The number of anilines is 1. The average Bonchev–Trinajstić information content (AvgIpc) is 3.25. The van der Waals surface area contributed by atoms with E-state index in [-0.39, 0.29) is 33.8 Å². The van der Waals surface area contributed by atoms with Crippen LogP contribution in [0.4, 0.5) is 15.0 Å². The number of ether oxygens (including phenoxy) is 1. The third-order valence-corrected chi connectivity index (χ3v) is 5.11. The Morgan fingerprint density at radius 3 is 2.90 bits per heavy atom. The number of nitrogens with zero attached hydrogens (tertiary/aromatic N) is 4. The SMILES string of the molecule is NC(=O)OC1CC(CNc2nonc2-c2noc(=O)n2-c2ccc(F)c(Br)c2)C1. The standard InChI is InChI=1S/C16H14BrFN6O5/c17-10-5-8(1-2-11(10)18)24-14(23-28-16(24)26)12-13(22-29-21-12)20-6-7-3-9(4-7)27-15(19)25/h1-2,5,7,9H,3-4,6H2,(H2,19,25)(H,20,22). The normalized spacial score (nSPS) is 18.3. The number of carbonyl (C=O) groups excluding carboxylic acids is 1. The number of rotatable bonds is 6. The van der Waals surface area contributed by atoms with Gasteiger partial charge in [-0.05, 0) is 63.2 Å². The number of amides is 1. The number of nitrogens with two attached hydrogens (primary N) is 1. The fourth-order valence-electron chi connectivity index (χ4n) is 3.05. The van der Waals surface area contributed by atoms with Crippen molar-refractivity contribution in [3.63, 3.8) is 0 Å². The highest BCUT2D eigenvalue weighted by Crippen LogP contribution is 2.31. The van der Waals surface area contributed by atoms with E-state index >= 15 is 0 Å². The van der Waals surface area contributed by atoms with E-state index in [2.05, 4.69) is 36.7 Å². The Morgan fingerprint density at radius 2 is 2.17 bits per heavy atom. The third-order valence-electron chi connectivity index (χ3n) is 4.50. The highest BCUT2D eigenvalue weighted by molar-refractivity contribution is 9.10. The maximum absolute atomic E-state index is 13.5. The molecule has 1 aliphatic rings. The van der Waals surface area contributed by atoms with Gasteiger partial charge in [0.1, 0.15) is 11.9 Å². The second kappa shape index (κ2) is 7.66. The molecule has 0 saturated heterocycles. The lowest BCUT2D eigenvalue weighted by atomic mass is 9.82. The van der Waals surface area contributed by atoms with Crippen molar-refractivity contribution in [1.29, 1.82) is 0 Å². The molecule has 1 saturated carbocycles. The minimum atomic E-state index is -0.791. The second-order valence-corrected chi connectivity index (χ2v) is 7.30. The monoisotopic (exact) mass is 468 g/mol. The first-order valence-electron chi connectivity index (χ1n) is 8.49. The quantitative estimate of drug-likeness (QED) is 0.553. The van der Waals surface area contributed by atoms with Gasteiger partial charge in [0.25, 0.3) is 0 Å². The summed E-state index contributed by atoms with van der Waals surface area (Å²) in [7, 11) is 0. The highest BCUT2D eigenvalue weighted by atomic mass is 79.9. The summed E-state index contributed by atoms with van der Waals surface area (Å²) >= 11 is 3.08. The van der Waals surface area contributed by atoms with Crippen molar-refractivity contribution >= 4 is 27.8 Å². The number of halogens is 2. The summed E-state index contributed by atoms with van der Waals surface area (Å²) in [5.41, 5.74) is 5.46. The number of primary amides is 1. The van der Waals surface area contributed by atoms with Crippen LogP contribution in [-0.2, 0) is 4.74 Å². The molecule has 0 spiro atoms. The molecule has 152 valence electrons. The Kier molecular flexibility index (Phi) is 5.05. The van der Waals surface area contributed by atoms with Crippen LogP contribution in [0.25, 0.3) is 17.2 Å². The van der Waals surface area contributed by atoms with E-state index < -0.39 is 17.7 Å². The van der Waals surface area contributed by atoms with E-state index in [9.17, 15) is 14.0 Å². The zero-order valence-electron chi connectivity index (χ0n) is 14.7. The zero-order chi connectivity index (χ0) is 20.5. The van der Waals surface area contributed by atoms with E-state index in [1.807, 2.05) is 0 Å². The molecule has 0 bridgehead atoms. The molecular weight excluding hydrogens is 455 g/mol. The molecule has 13 heteroatoms. The van der Waals surface area contributed by atoms with Gasteiger partial charge >= 0.3 is 11.8 Å². The lowest BCUT2D eigenvalue weighted by Gasteiger charge is -2.34.